The van der Waals surface area contributed by atoms with Crippen LogP contribution in [0.5, 0.6) is 5.75 Å². The Kier molecular flexibility index (Phi) is 6.40. The summed E-state index contributed by atoms with van der Waals surface area (Å²) in [5, 5.41) is 0. The third-order valence-corrected chi connectivity index (χ3v) is 6.55. The number of hydrogen-bond acceptors (Lipinski definition) is 4. The third-order valence-electron chi connectivity index (χ3n) is 6.55. The van der Waals surface area contributed by atoms with Gasteiger partial charge in [0.1, 0.15) is 5.75 Å². The van der Waals surface area contributed by atoms with Crippen LogP contribution in [0.15, 0.2) is 54.6 Å². The second-order valence-electron chi connectivity index (χ2n) is 8.48. The highest BCUT2D eigenvalue weighted by atomic mass is 16.5. The normalized spacial score (nSPS) is 18.7. The highest BCUT2D eigenvalue weighted by molar-refractivity contribution is 5.95. The second-order valence-corrected chi connectivity index (χ2v) is 8.48. The quantitative estimate of drug-likeness (QED) is 0.667. The van der Waals surface area contributed by atoms with Gasteiger partial charge in [-0.15, -0.1) is 0 Å². The van der Waals surface area contributed by atoms with Crippen molar-refractivity contribution in [2.24, 2.45) is 0 Å². The maximum Gasteiger partial charge on any atom is 0.226 e. The first kappa shape index (κ1) is 20.9. The van der Waals surface area contributed by atoms with Crippen molar-refractivity contribution in [3.05, 3.63) is 60.2 Å². The Bertz CT molecular complexity index is 842. The SMILES string of the molecule is CCC(=O)N(CC1(N2CCN(Cc3ccccc3)CC2)CC1)c1ccccc1OC. The lowest BCUT2D eigenvalue weighted by Gasteiger charge is -2.41. The van der Waals surface area contributed by atoms with E-state index in [9.17, 15) is 4.79 Å². The predicted molar refractivity (Wildman–Crippen MR) is 121 cm³/mol. The minimum atomic E-state index is 0.116. The summed E-state index contributed by atoms with van der Waals surface area (Å²) in [5.41, 5.74) is 2.38. The molecule has 5 nitrogen and oxygen atoms in total. The van der Waals surface area contributed by atoms with E-state index in [1.54, 1.807) is 7.11 Å². The largest absolute Gasteiger partial charge is 0.495 e. The molecule has 2 aliphatic rings. The first-order chi connectivity index (χ1) is 14.6. The molecule has 2 fully saturated rings. The van der Waals surface area contributed by atoms with Crippen molar-refractivity contribution in [3.63, 3.8) is 0 Å². The molecule has 0 radical (unpaired) electrons. The lowest BCUT2D eigenvalue weighted by Crippen LogP contribution is -2.55. The Hall–Kier alpha value is -2.37. The van der Waals surface area contributed by atoms with Crippen LogP contribution in [0.1, 0.15) is 31.7 Å². The van der Waals surface area contributed by atoms with Gasteiger partial charge in [-0.2, -0.15) is 0 Å². The minimum absolute atomic E-state index is 0.116. The molecule has 5 heteroatoms. The van der Waals surface area contributed by atoms with Crippen LogP contribution in [-0.2, 0) is 11.3 Å². The van der Waals surface area contributed by atoms with Crippen molar-refractivity contribution in [1.29, 1.82) is 0 Å². The van der Waals surface area contributed by atoms with Crippen LogP contribution in [0.4, 0.5) is 5.69 Å². The first-order valence-electron chi connectivity index (χ1n) is 11.1. The molecule has 1 saturated carbocycles. The molecular weight excluding hydrogens is 374 g/mol. The van der Waals surface area contributed by atoms with Crippen LogP contribution in [0.2, 0.25) is 0 Å². The zero-order valence-corrected chi connectivity index (χ0v) is 18.2. The maximum absolute atomic E-state index is 12.9. The van der Waals surface area contributed by atoms with Crippen molar-refractivity contribution < 1.29 is 9.53 Å². The molecule has 0 spiro atoms. The van der Waals surface area contributed by atoms with Crippen LogP contribution in [0.3, 0.4) is 0 Å². The van der Waals surface area contributed by atoms with Gasteiger partial charge in [-0.25, -0.2) is 0 Å². The molecule has 4 rings (SSSR count). The van der Waals surface area contributed by atoms with Gasteiger partial charge in [0.2, 0.25) is 5.91 Å². The molecule has 1 saturated heterocycles. The fourth-order valence-electron chi connectivity index (χ4n) is 4.59. The number of nitrogens with zero attached hydrogens (tertiary/aromatic N) is 3. The molecule has 160 valence electrons. The summed E-state index contributed by atoms with van der Waals surface area (Å²) in [5.74, 6) is 0.927. The van der Waals surface area contributed by atoms with E-state index >= 15 is 0 Å². The van der Waals surface area contributed by atoms with Crippen LogP contribution in [0.25, 0.3) is 0 Å². The van der Waals surface area contributed by atoms with Crippen molar-refractivity contribution in [2.75, 3.05) is 44.7 Å². The Morgan fingerprint density at radius 3 is 2.30 bits per heavy atom. The van der Waals surface area contributed by atoms with E-state index < -0.39 is 0 Å². The number of anilines is 1. The summed E-state index contributed by atoms with van der Waals surface area (Å²) in [6.07, 6.45) is 2.82. The van der Waals surface area contributed by atoms with Crippen molar-refractivity contribution in [3.8, 4) is 5.75 Å². The number of methoxy groups -OCH3 is 1. The van der Waals surface area contributed by atoms with Crippen LogP contribution in [0, 0.1) is 0 Å². The summed E-state index contributed by atoms with van der Waals surface area (Å²) in [7, 11) is 1.67. The van der Waals surface area contributed by atoms with Gasteiger partial charge in [0.05, 0.1) is 12.8 Å². The number of carbonyl (C=O) groups is 1. The molecule has 1 aliphatic carbocycles. The van der Waals surface area contributed by atoms with E-state index in [0.717, 1.165) is 63.5 Å². The lowest BCUT2D eigenvalue weighted by atomic mass is 10.1. The van der Waals surface area contributed by atoms with E-state index in [-0.39, 0.29) is 11.4 Å². The molecule has 0 unspecified atom stereocenters. The molecule has 0 atom stereocenters. The van der Waals surface area contributed by atoms with Crippen molar-refractivity contribution in [2.45, 2.75) is 38.3 Å². The second kappa shape index (κ2) is 9.19. The molecule has 2 aromatic carbocycles. The number of carbonyl (C=O) groups excluding carboxylic acids is 1. The van der Waals surface area contributed by atoms with Crippen LogP contribution < -0.4 is 9.64 Å². The summed E-state index contributed by atoms with van der Waals surface area (Å²) in [6.45, 7) is 7.98. The number of amides is 1. The predicted octanol–water partition coefficient (Wildman–Crippen LogP) is 3.79. The first-order valence-corrected chi connectivity index (χ1v) is 11.1. The molecule has 1 heterocycles. The van der Waals surface area contributed by atoms with Gasteiger partial charge < -0.3 is 9.64 Å². The van der Waals surface area contributed by atoms with Gasteiger partial charge >= 0.3 is 0 Å². The highest BCUT2D eigenvalue weighted by Gasteiger charge is 2.50. The number of hydrogen-bond donors (Lipinski definition) is 0. The summed E-state index contributed by atoms with van der Waals surface area (Å²) >= 11 is 0. The third kappa shape index (κ3) is 4.52. The van der Waals surface area contributed by atoms with Crippen LogP contribution in [-0.4, -0.2) is 61.1 Å². The van der Waals surface area contributed by atoms with Gasteiger partial charge in [-0.05, 0) is 30.5 Å². The molecule has 0 bridgehead atoms. The van der Waals surface area contributed by atoms with Gasteiger partial charge in [0.15, 0.2) is 0 Å². The zero-order valence-electron chi connectivity index (χ0n) is 18.2. The molecule has 0 N–H and O–H groups in total. The number of piperazine rings is 1. The smallest absolute Gasteiger partial charge is 0.226 e. The molecule has 2 aromatic rings. The van der Waals surface area contributed by atoms with E-state index in [0.29, 0.717) is 6.42 Å². The Morgan fingerprint density at radius 2 is 1.67 bits per heavy atom. The van der Waals surface area contributed by atoms with Gasteiger partial charge in [0, 0.05) is 51.2 Å². The fourth-order valence-corrected chi connectivity index (χ4v) is 4.59. The van der Waals surface area contributed by atoms with E-state index in [1.165, 1.54) is 5.56 Å². The van der Waals surface area contributed by atoms with Gasteiger partial charge in [0.25, 0.3) is 0 Å². The average molecular weight is 408 g/mol. The maximum atomic E-state index is 12.9. The van der Waals surface area contributed by atoms with E-state index in [4.69, 9.17) is 4.74 Å². The number of para-hydroxylation sites is 2. The number of rotatable bonds is 8. The standard InChI is InChI=1S/C25H33N3O2/c1-3-24(29)28(22-11-7-8-12-23(22)30-2)20-25(13-14-25)27-17-15-26(16-18-27)19-21-9-5-4-6-10-21/h4-12H,3,13-20H2,1-2H3. The summed E-state index contributed by atoms with van der Waals surface area (Å²) < 4.78 is 5.56. The van der Waals surface area contributed by atoms with Crippen LogP contribution >= 0.6 is 0 Å². The van der Waals surface area contributed by atoms with Crippen molar-refractivity contribution in [1.82, 2.24) is 9.80 Å². The lowest BCUT2D eigenvalue weighted by molar-refractivity contribution is -0.118. The van der Waals surface area contributed by atoms with Crippen molar-refractivity contribution >= 4 is 11.6 Å². The summed E-state index contributed by atoms with van der Waals surface area (Å²) in [6, 6.07) is 18.6. The molecule has 1 aliphatic heterocycles. The minimum Gasteiger partial charge on any atom is -0.495 e. The number of ether oxygens (including phenoxy) is 1. The topological polar surface area (TPSA) is 36.0 Å². The average Bonchev–Trinajstić information content (AvgIpc) is 3.59. The highest BCUT2D eigenvalue weighted by Crippen LogP contribution is 2.44. The van der Waals surface area contributed by atoms with Gasteiger partial charge in [-0.1, -0.05) is 49.4 Å². The molecule has 0 aromatic heterocycles. The van der Waals surface area contributed by atoms with E-state index in [2.05, 4.69) is 40.1 Å². The Morgan fingerprint density at radius 1 is 1.00 bits per heavy atom. The molecule has 1 amide bonds. The van der Waals surface area contributed by atoms with Gasteiger partial charge in [-0.3, -0.25) is 14.6 Å². The monoisotopic (exact) mass is 407 g/mol. The number of benzene rings is 2. The zero-order chi connectivity index (χ0) is 21.0. The molecule has 30 heavy (non-hydrogen) atoms. The Balaban J connectivity index is 1.42. The fraction of sp³-hybridized carbons (Fsp3) is 0.480. The molecular formula is C25H33N3O2. The van der Waals surface area contributed by atoms with E-state index in [1.807, 2.05) is 36.1 Å². The summed E-state index contributed by atoms with van der Waals surface area (Å²) in [4.78, 5) is 20.0. The Labute approximate surface area is 180 Å².